The van der Waals surface area contributed by atoms with E-state index in [9.17, 15) is 13.6 Å². The fourth-order valence-electron chi connectivity index (χ4n) is 4.66. The van der Waals surface area contributed by atoms with Gasteiger partial charge in [-0.1, -0.05) is 0 Å². The van der Waals surface area contributed by atoms with Gasteiger partial charge in [0.15, 0.2) is 5.82 Å². The molecule has 0 amide bonds. The lowest BCUT2D eigenvalue weighted by Crippen LogP contribution is -2.26. The van der Waals surface area contributed by atoms with Crippen LogP contribution >= 0.6 is 0 Å². The second kappa shape index (κ2) is 7.29. The molecule has 9 heteroatoms. The van der Waals surface area contributed by atoms with Crippen LogP contribution in [0.25, 0.3) is 22.2 Å². The minimum absolute atomic E-state index is 0.114. The minimum atomic E-state index is -2.69. The van der Waals surface area contributed by atoms with Gasteiger partial charge in [-0.15, -0.1) is 0 Å². The third-order valence-electron chi connectivity index (χ3n) is 6.26. The number of anilines is 2. The number of nitrogens with zero attached hydrogens (tertiary/aromatic N) is 5. The highest BCUT2D eigenvalue weighted by molar-refractivity contribution is 5.85. The standard InChI is InChI=1S/C23H22F3N5O/c1-28-12-14(11-27-28)15-9-13-5-4-8-31(19(13)10-16(15)22(25)26)17-6-7-18-21(20(17)24)30(3)23(32)29(18)2/h6-7,9-12,22H,4-5,8H2,1-3H3. The van der Waals surface area contributed by atoms with E-state index >= 15 is 4.39 Å². The van der Waals surface area contributed by atoms with E-state index in [0.717, 1.165) is 12.0 Å². The average Bonchev–Trinajstić information content (AvgIpc) is 3.30. The molecule has 3 heterocycles. The Bertz CT molecular complexity index is 1420. The molecule has 5 rings (SSSR count). The summed E-state index contributed by atoms with van der Waals surface area (Å²) >= 11 is 0. The molecule has 1 aliphatic heterocycles. The van der Waals surface area contributed by atoms with Gasteiger partial charge in [0.1, 0.15) is 5.52 Å². The summed E-state index contributed by atoms with van der Waals surface area (Å²) < 4.78 is 48.0. The summed E-state index contributed by atoms with van der Waals surface area (Å²) in [5, 5.41) is 4.11. The molecule has 0 fully saturated rings. The van der Waals surface area contributed by atoms with E-state index in [-0.39, 0.29) is 22.5 Å². The van der Waals surface area contributed by atoms with E-state index in [1.807, 2.05) is 0 Å². The van der Waals surface area contributed by atoms with Crippen molar-refractivity contribution in [2.24, 2.45) is 21.1 Å². The van der Waals surface area contributed by atoms with E-state index in [2.05, 4.69) is 5.10 Å². The first kappa shape index (κ1) is 20.4. The molecule has 0 unspecified atom stereocenters. The van der Waals surface area contributed by atoms with Crippen LogP contribution in [0.15, 0.2) is 41.5 Å². The summed E-state index contributed by atoms with van der Waals surface area (Å²) in [5.74, 6) is -0.537. The number of imidazole rings is 1. The van der Waals surface area contributed by atoms with E-state index in [0.29, 0.717) is 35.3 Å². The SMILES string of the molecule is Cn1cc(-c2cc3c(cc2C(F)F)N(c2ccc4c(c2F)n(C)c(=O)n4C)CCC3)cn1. The van der Waals surface area contributed by atoms with Crippen LogP contribution < -0.4 is 10.6 Å². The van der Waals surface area contributed by atoms with Gasteiger partial charge in [-0.05, 0) is 48.2 Å². The van der Waals surface area contributed by atoms with Crippen LogP contribution in [0.3, 0.4) is 0 Å². The van der Waals surface area contributed by atoms with Gasteiger partial charge in [0.25, 0.3) is 6.43 Å². The van der Waals surface area contributed by atoms with E-state index in [1.165, 1.54) is 22.2 Å². The fourth-order valence-corrected chi connectivity index (χ4v) is 4.66. The van der Waals surface area contributed by atoms with Crippen molar-refractivity contribution < 1.29 is 13.2 Å². The molecule has 0 spiro atoms. The predicted octanol–water partition coefficient (Wildman–Crippen LogP) is 4.44. The monoisotopic (exact) mass is 441 g/mol. The van der Waals surface area contributed by atoms with E-state index < -0.39 is 12.2 Å². The number of hydrogen-bond acceptors (Lipinski definition) is 3. The number of rotatable bonds is 3. The Labute approximate surface area is 182 Å². The first-order valence-electron chi connectivity index (χ1n) is 10.3. The molecule has 0 saturated carbocycles. The number of aryl methyl sites for hydroxylation is 4. The van der Waals surface area contributed by atoms with Gasteiger partial charge in [-0.25, -0.2) is 18.0 Å². The summed E-state index contributed by atoms with van der Waals surface area (Å²) in [7, 11) is 4.85. The van der Waals surface area contributed by atoms with Gasteiger partial charge in [-0.2, -0.15) is 5.10 Å². The van der Waals surface area contributed by atoms with Crippen molar-refractivity contribution >= 4 is 22.4 Å². The molecule has 0 bridgehead atoms. The number of alkyl halides is 2. The van der Waals surface area contributed by atoms with Crippen molar-refractivity contribution in [3.8, 4) is 11.1 Å². The van der Waals surface area contributed by atoms with Crippen molar-refractivity contribution in [2.75, 3.05) is 11.4 Å². The third-order valence-corrected chi connectivity index (χ3v) is 6.26. The first-order chi connectivity index (χ1) is 15.3. The zero-order valence-corrected chi connectivity index (χ0v) is 17.9. The maximum absolute atomic E-state index is 15.6. The molecular weight excluding hydrogens is 419 g/mol. The van der Waals surface area contributed by atoms with Crippen molar-refractivity contribution in [2.45, 2.75) is 19.3 Å². The van der Waals surface area contributed by atoms with Gasteiger partial charge < -0.3 is 4.90 Å². The Morgan fingerprint density at radius 1 is 1.06 bits per heavy atom. The number of benzene rings is 2. The van der Waals surface area contributed by atoms with Crippen molar-refractivity contribution in [3.63, 3.8) is 0 Å². The van der Waals surface area contributed by atoms with Crippen LogP contribution in [-0.4, -0.2) is 25.5 Å². The fraction of sp³-hybridized carbons (Fsp3) is 0.304. The van der Waals surface area contributed by atoms with Crippen molar-refractivity contribution in [1.82, 2.24) is 18.9 Å². The molecule has 4 aromatic rings. The molecule has 0 aliphatic carbocycles. The maximum Gasteiger partial charge on any atom is 0.328 e. The minimum Gasteiger partial charge on any atom is -0.339 e. The summed E-state index contributed by atoms with van der Waals surface area (Å²) in [6.07, 6.45) is 2.03. The first-order valence-corrected chi connectivity index (χ1v) is 10.3. The number of fused-ring (bicyclic) bond motifs is 2. The largest absolute Gasteiger partial charge is 0.339 e. The molecule has 1 aliphatic rings. The predicted molar refractivity (Wildman–Crippen MR) is 117 cm³/mol. The van der Waals surface area contributed by atoms with Crippen LogP contribution in [0.5, 0.6) is 0 Å². The second-order valence-corrected chi connectivity index (χ2v) is 8.19. The lowest BCUT2D eigenvalue weighted by Gasteiger charge is -2.33. The molecule has 0 radical (unpaired) electrons. The summed E-state index contributed by atoms with van der Waals surface area (Å²) in [4.78, 5) is 14.0. The lowest BCUT2D eigenvalue weighted by molar-refractivity contribution is 0.152. The van der Waals surface area contributed by atoms with Crippen molar-refractivity contribution in [1.29, 1.82) is 0 Å². The van der Waals surface area contributed by atoms with Gasteiger partial charge in [0, 0.05) is 50.7 Å². The number of hydrogen-bond donors (Lipinski definition) is 0. The Balaban J connectivity index is 1.70. The number of aromatic nitrogens is 4. The summed E-state index contributed by atoms with van der Waals surface area (Å²) in [6.45, 7) is 0.491. The highest BCUT2D eigenvalue weighted by atomic mass is 19.3. The van der Waals surface area contributed by atoms with E-state index in [4.69, 9.17) is 0 Å². The molecule has 6 nitrogen and oxygen atoms in total. The van der Waals surface area contributed by atoms with Crippen LogP contribution in [-0.2, 0) is 27.6 Å². The molecule has 32 heavy (non-hydrogen) atoms. The Morgan fingerprint density at radius 2 is 1.84 bits per heavy atom. The molecule has 0 N–H and O–H groups in total. The van der Waals surface area contributed by atoms with Gasteiger partial charge in [-0.3, -0.25) is 13.8 Å². The normalized spacial score (nSPS) is 13.9. The molecule has 2 aromatic carbocycles. The highest BCUT2D eigenvalue weighted by Crippen LogP contribution is 2.42. The van der Waals surface area contributed by atoms with Crippen molar-refractivity contribution in [3.05, 3.63) is 64.1 Å². The third kappa shape index (κ3) is 2.95. The quantitative estimate of drug-likeness (QED) is 0.472. The van der Waals surface area contributed by atoms with Crippen LogP contribution in [0.4, 0.5) is 24.5 Å². The van der Waals surface area contributed by atoms with Gasteiger partial charge in [0.2, 0.25) is 0 Å². The molecule has 2 aromatic heterocycles. The van der Waals surface area contributed by atoms with Gasteiger partial charge >= 0.3 is 5.69 Å². The average molecular weight is 441 g/mol. The topological polar surface area (TPSA) is 48.0 Å². The zero-order valence-electron chi connectivity index (χ0n) is 17.9. The lowest BCUT2D eigenvalue weighted by atomic mass is 9.92. The van der Waals surface area contributed by atoms with Crippen LogP contribution in [0.1, 0.15) is 24.0 Å². The Hall–Kier alpha value is -3.49. The Kier molecular flexibility index (Phi) is 4.65. The van der Waals surface area contributed by atoms with Gasteiger partial charge in [0.05, 0.1) is 17.4 Å². The number of halogens is 3. The molecule has 166 valence electrons. The summed E-state index contributed by atoms with van der Waals surface area (Å²) in [6, 6.07) is 6.55. The van der Waals surface area contributed by atoms with E-state index in [1.54, 1.807) is 54.3 Å². The van der Waals surface area contributed by atoms with Crippen LogP contribution in [0, 0.1) is 5.82 Å². The zero-order chi connectivity index (χ0) is 22.7. The second-order valence-electron chi connectivity index (χ2n) is 8.19. The summed E-state index contributed by atoms with van der Waals surface area (Å²) in [5.41, 5.74) is 3.02. The Morgan fingerprint density at radius 3 is 2.53 bits per heavy atom. The highest BCUT2D eigenvalue weighted by Gasteiger charge is 2.27. The van der Waals surface area contributed by atoms with Crippen LogP contribution in [0.2, 0.25) is 0 Å². The maximum atomic E-state index is 15.6. The smallest absolute Gasteiger partial charge is 0.328 e. The molecule has 0 atom stereocenters. The molecule has 0 saturated heterocycles. The molecular formula is C23H22F3N5O.